The first-order valence-corrected chi connectivity index (χ1v) is 8.56. The molecule has 0 fully saturated rings. The van der Waals surface area contributed by atoms with Gasteiger partial charge in [0.25, 0.3) is 0 Å². The molecular weight excluding hydrogens is 354 g/mol. The molecule has 0 saturated heterocycles. The van der Waals surface area contributed by atoms with Gasteiger partial charge in [-0.15, -0.1) is 0 Å². The molecule has 0 saturated carbocycles. The highest BCUT2D eigenvalue weighted by Crippen LogP contribution is 2.34. The topological polar surface area (TPSA) is 115 Å². The minimum absolute atomic E-state index is 0.183. The number of benzene rings is 1. The van der Waals surface area contributed by atoms with Crippen molar-refractivity contribution in [2.45, 2.75) is 39.3 Å². The molecule has 1 aromatic carbocycles. The summed E-state index contributed by atoms with van der Waals surface area (Å²) in [6.45, 7) is 6.68. The van der Waals surface area contributed by atoms with Crippen molar-refractivity contribution >= 4 is 17.9 Å². The molecule has 0 radical (unpaired) electrons. The summed E-state index contributed by atoms with van der Waals surface area (Å²) in [5.74, 6) is 0.453. The van der Waals surface area contributed by atoms with Gasteiger partial charge in [-0.25, -0.2) is 4.79 Å². The second-order valence-corrected chi connectivity index (χ2v) is 7.03. The van der Waals surface area contributed by atoms with Gasteiger partial charge in [0.05, 0.1) is 12.6 Å². The molecule has 27 heavy (non-hydrogen) atoms. The maximum atomic E-state index is 12.0. The predicted octanol–water partition coefficient (Wildman–Crippen LogP) is 1.23. The Morgan fingerprint density at radius 2 is 1.74 bits per heavy atom. The van der Waals surface area contributed by atoms with Gasteiger partial charge in [-0.1, -0.05) is 6.07 Å². The summed E-state index contributed by atoms with van der Waals surface area (Å²) in [6.07, 6.45) is -0.696. The third kappa shape index (κ3) is 6.69. The first-order chi connectivity index (χ1) is 12.6. The first-order valence-electron chi connectivity index (χ1n) is 8.56. The molecule has 9 nitrogen and oxygen atoms in total. The van der Waals surface area contributed by atoms with Crippen LogP contribution in [0.3, 0.4) is 0 Å². The van der Waals surface area contributed by atoms with Crippen LogP contribution in [0.5, 0.6) is 11.5 Å². The Kier molecular flexibility index (Phi) is 6.49. The lowest BCUT2D eigenvalue weighted by Crippen LogP contribution is -2.43. The zero-order valence-corrected chi connectivity index (χ0v) is 15.9. The highest BCUT2D eigenvalue weighted by atomic mass is 16.7. The minimum Gasteiger partial charge on any atom is -0.454 e. The van der Waals surface area contributed by atoms with Gasteiger partial charge in [0.1, 0.15) is 12.1 Å². The molecule has 1 aromatic rings. The number of fused-ring (bicyclic) bond motifs is 1. The molecule has 3 N–H and O–H groups in total. The van der Waals surface area contributed by atoms with Crippen LogP contribution in [0.15, 0.2) is 18.2 Å². The Morgan fingerprint density at radius 3 is 2.44 bits per heavy atom. The molecule has 3 amide bonds. The Bertz CT molecular complexity index is 714. The fraction of sp³-hybridized carbons (Fsp3) is 0.500. The summed E-state index contributed by atoms with van der Waals surface area (Å²) < 4.78 is 15.6. The van der Waals surface area contributed by atoms with Crippen LogP contribution in [0.1, 0.15) is 39.3 Å². The summed E-state index contributed by atoms with van der Waals surface area (Å²) in [4.78, 5) is 35.2. The van der Waals surface area contributed by atoms with Gasteiger partial charge < -0.3 is 30.2 Å². The number of amides is 3. The molecule has 1 aliphatic heterocycles. The Hall–Kier alpha value is -2.97. The SMILES string of the molecule is C[C@H](NC(=O)CNC(=O)CNC(=O)OC(C)(C)C)c1ccc2c(c1)OCO2. The molecule has 0 bridgehead atoms. The maximum Gasteiger partial charge on any atom is 0.408 e. The zero-order chi connectivity index (χ0) is 20.0. The molecule has 0 unspecified atom stereocenters. The van der Waals surface area contributed by atoms with E-state index < -0.39 is 17.6 Å². The average molecular weight is 379 g/mol. The van der Waals surface area contributed by atoms with E-state index in [-0.39, 0.29) is 31.8 Å². The maximum absolute atomic E-state index is 12.0. The summed E-state index contributed by atoms with van der Waals surface area (Å²) >= 11 is 0. The van der Waals surface area contributed by atoms with Gasteiger partial charge in [-0.3, -0.25) is 9.59 Å². The van der Waals surface area contributed by atoms with Gasteiger partial charge >= 0.3 is 6.09 Å². The highest BCUT2D eigenvalue weighted by molar-refractivity contribution is 5.87. The van der Waals surface area contributed by atoms with Crippen LogP contribution in [0.2, 0.25) is 0 Å². The molecule has 0 aromatic heterocycles. The standard InChI is InChI=1S/C18H25N3O6/c1-11(12-5-6-13-14(7-12)26-10-25-13)21-16(23)9-19-15(22)8-20-17(24)27-18(2,3)4/h5-7,11H,8-10H2,1-4H3,(H,19,22)(H,20,24)(H,21,23)/t11-/m0/s1. The third-order valence-electron chi connectivity index (χ3n) is 3.51. The Balaban J connectivity index is 1.71. The zero-order valence-electron chi connectivity index (χ0n) is 15.9. The fourth-order valence-corrected chi connectivity index (χ4v) is 2.27. The summed E-state index contributed by atoms with van der Waals surface area (Å²) in [5, 5.41) is 7.53. The van der Waals surface area contributed by atoms with Crippen LogP contribution in [0, 0.1) is 0 Å². The van der Waals surface area contributed by atoms with Crippen LogP contribution >= 0.6 is 0 Å². The minimum atomic E-state index is -0.696. The van der Waals surface area contributed by atoms with Crippen molar-refractivity contribution in [3.05, 3.63) is 23.8 Å². The largest absolute Gasteiger partial charge is 0.454 e. The Labute approximate surface area is 157 Å². The second-order valence-electron chi connectivity index (χ2n) is 7.03. The van der Waals surface area contributed by atoms with E-state index in [0.29, 0.717) is 11.5 Å². The average Bonchev–Trinajstić information content (AvgIpc) is 3.04. The summed E-state index contributed by atoms with van der Waals surface area (Å²) in [6, 6.07) is 5.15. The quantitative estimate of drug-likeness (QED) is 0.685. The van der Waals surface area contributed by atoms with Crippen molar-refractivity contribution in [3.63, 3.8) is 0 Å². The van der Waals surface area contributed by atoms with Crippen molar-refractivity contribution < 1.29 is 28.6 Å². The number of ether oxygens (including phenoxy) is 3. The molecule has 2 rings (SSSR count). The summed E-state index contributed by atoms with van der Waals surface area (Å²) in [7, 11) is 0. The molecule has 1 aliphatic rings. The molecule has 9 heteroatoms. The van der Waals surface area contributed by atoms with Crippen LogP contribution < -0.4 is 25.4 Å². The van der Waals surface area contributed by atoms with E-state index in [1.807, 2.05) is 13.0 Å². The predicted molar refractivity (Wildman–Crippen MR) is 96.4 cm³/mol. The van der Waals surface area contributed by atoms with Gasteiger partial charge in [-0.05, 0) is 45.4 Å². The molecule has 148 valence electrons. The first kappa shape index (κ1) is 20.3. The molecule has 1 heterocycles. The summed E-state index contributed by atoms with van der Waals surface area (Å²) in [5.41, 5.74) is 0.205. The fourth-order valence-electron chi connectivity index (χ4n) is 2.27. The lowest BCUT2D eigenvalue weighted by molar-refractivity contribution is -0.125. The van der Waals surface area contributed by atoms with Gasteiger partial charge in [0.15, 0.2) is 11.5 Å². The van der Waals surface area contributed by atoms with Crippen molar-refractivity contribution in [1.82, 2.24) is 16.0 Å². The van der Waals surface area contributed by atoms with E-state index in [1.165, 1.54) is 0 Å². The molecular formula is C18H25N3O6. The number of carbonyl (C=O) groups is 3. The van der Waals surface area contributed by atoms with E-state index in [4.69, 9.17) is 14.2 Å². The van der Waals surface area contributed by atoms with Crippen molar-refractivity contribution in [2.24, 2.45) is 0 Å². The van der Waals surface area contributed by atoms with Crippen molar-refractivity contribution in [2.75, 3.05) is 19.9 Å². The van der Waals surface area contributed by atoms with Crippen LogP contribution in [-0.2, 0) is 14.3 Å². The number of alkyl carbamates (subject to hydrolysis) is 1. The monoisotopic (exact) mass is 379 g/mol. The second kappa shape index (κ2) is 8.61. The van der Waals surface area contributed by atoms with E-state index in [0.717, 1.165) is 5.56 Å². The van der Waals surface area contributed by atoms with Crippen LogP contribution in [0.25, 0.3) is 0 Å². The normalized spacial score (nSPS) is 13.5. The van der Waals surface area contributed by atoms with Crippen LogP contribution in [-0.4, -0.2) is 43.4 Å². The number of hydrogen-bond donors (Lipinski definition) is 3. The van der Waals surface area contributed by atoms with Gasteiger partial charge in [-0.2, -0.15) is 0 Å². The number of nitrogens with one attached hydrogen (secondary N) is 3. The van der Waals surface area contributed by atoms with E-state index in [9.17, 15) is 14.4 Å². The van der Waals surface area contributed by atoms with E-state index >= 15 is 0 Å². The van der Waals surface area contributed by atoms with Gasteiger partial charge in [0.2, 0.25) is 18.6 Å². The number of rotatable bonds is 6. The molecule has 0 spiro atoms. The highest BCUT2D eigenvalue weighted by Gasteiger charge is 2.18. The van der Waals surface area contributed by atoms with Gasteiger partial charge in [0, 0.05) is 0 Å². The lowest BCUT2D eigenvalue weighted by atomic mass is 10.1. The van der Waals surface area contributed by atoms with Crippen LogP contribution in [0.4, 0.5) is 4.79 Å². The molecule has 1 atom stereocenters. The van der Waals surface area contributed by atoms with E-state index in [2.05, 4.69) is 16.0 Å². The number of hydrogen-bond acceptors (Lipinski definition) is 6. The number of carbonyl (C=O) groups excluding carboxylic acids is 3. The van der Waals surface area contributed by atoms with Crippen molar-refractivity contribution in [1.29, 1.82) is 0 Å². The lowest BCUT2D eigenvalue weighted by Gasteiger charge is -2.19. The van der Waals surface area contributed by atoms with E-state index in [1.54, 1.807) is 32.9 Å². The van der Waals surface area contributed by atoms with Crippen molar-refractivity contribution in [3.8, 4) is 11.5 Å². The smallest absolute Gasteiger partial charge is 0.408 e. The molecule has 0 aliphatic carbocycles. The Morgan fingerprint density at radius 1 is 1.07 bits per heavy atom. The third-order valence-corrected chi connectivity index (χ3v) is 3.51.